The molecule has 2 aliphatic rings. The molecule has 2 heterocycles. The molecule has 2 saturated heterocycles. The highest BCUT2D eigenvalue weighted by Crippen LogP contribution is 2.19. The molecule has 2 aromatic carbocycles. The van der Waals surface area contributed by atoms with Gasteiger partial charge in [-0.05, 0) is 56.6 Å². The third kappa shape index (κ3) is 6.86. The predicted molar refractivity (Wildman–Crippen MR) is 145 cm³/mol. The fourth-order valence-electron chi connectivity index (χ4n) is 5.26. The van der Waals surface area contributed by atoms with Crippen LogP contribution in [-0.2, 0) is 22.6 Å². The fraction of sp³-hybridized carbons (Fsp3) is 0.517. The Balaban J connectivity index is 1.36. The molecule has 0 spiro atoms. The Morgan fingerprint density at radius 3 is 2.08 bits per heavy atom. The van der Waals surface area contributed by atoms with Crippen molar-refractivity contribution in [2.75, 3.05) is 58.3 Å². The lowest BCUT2D eigenvalue weighted by molar-refractivity contribution is -0.135. The molecule has 2 aliphatic heterocycles. The zero-order valence-corrected chi connectivity index (χ0v) is 22.0. The Labute approximate surface area is 216 Å². The van der Waals surface area contributed by atoms with E-state index in [1.165, 1.54) is 16.8 Å². The topological polar surface area (TPSA) is 59.1 Å². The Hall–Kier alpha value is -2.90. The second-order valence-corrected chi connectivity index (χ2v) is 10.3. The number of benzene rings is 2. The van der Waals surface area contributed by atoms with Gasteiger partial charge in [0.1, 0.15) is 0 Å². The molecule has 0 aliphatic carbocycles. The van der Waals surface area contributed by atoms with Gasteiger partial charge in [0.05, 0.1) is 6.04 Å². The SMILES string of the molecule is CC(=O)N1CCN(c2ccc(CN[C@@H](Cc3ccccc3)C(=O)N3CCC(N(C)C)CC3)cc2)CC1. The number of rotatable bonds is 8. The number of anilines is 1. The lowest BCUT2D eigenvalue weighted by Crippen LogP contribution is -2.52. The Kier molecular flexibility index (Phi) is 8.99. The number of piperidine rings is 1. The Bertz CT molecular complexity index is 978. The number of nitrogens with one attached hydrogen (secondary N) is 1. The Morgan fingerprint density at radius 1 is 0.861 bits per heavy atom. The van der Waals surface area contributed by atoms with Gasteiger partial charge < -0.3 is 24.9 Å². The molecule has 4 rings (SSSR count). The number of nitrogens with zero attached hydrogens (tertiary/aromatic N) is 4. The van der Waals surface area contributed by atoms with E-state index in [0.717, 1.165) is 52.1 Å². The first-order valence-corrected chi connectivity index (χ1v) is 13.2. The van der Waals surface area contributed by atoms with Gasteiger partial charge in [0, 0.05) is 64.5 Å². The second kappa shape index (κ2) is 12.4. The van der Waals surface area contributed by atoms with Gasteiger partial charge in [0.2, 0.25) is 11.8 Å². The lowest BCUT2D eigenvalue weighted by atomic mass is 10.0. The minimum absolute atomic E-state index is 0.151. The van der Waals surface area contributed by atoms with Crippen LogP contribution in [0.1, 0.15) is 30.9 Å². The van der Waals surface area contributed by atoms with Crippen LogP contribution in [-0.4, -0.2) is 92.0 Å². The number of carbonyl (C=O) groups excluding carboxylic acids is 2. The van der Waals surface area contributed by atoms with Gasteiger partial charge >= 0.3 is 0 Å². The van der Waals surface area contributed by atoms with Crippen LogP contribution < -0.4 is 10.2 Å². The van der Waals surface area contributed by atoms with Crippen molar-refractivity contribution in [1.82, 2.24) is 20.0 Å². The summed E-state index contributed by atoms with van der Waals surface area (Å²) in [4.78, 5) is 33.7. The molecule has 7 nitrogen and oxygen atoms in total. The quantitative estimate of drug-likeness (QED) is 0.615. The van der Waals surface area contributed by atoms with Gasteiger partial charge in [0.15, 0.2) is 0 Å². The zero-order valence-electron chi connectivity index (χ0n) is 22.0. The van der Waals surface area contributed by atoms with Gasteiger partial charge in [0.25, 0.3) is 0 Å². The van der Waals surface area contributed by atoms with Crippen molar-refractivity contribution in [1.29, 1.82) is 0 Å². The maximum atomic E-state index is 13.6. The number of likely N-dealkylation sites (tertiary alicyclic amines) is 1. The molecule has 2 fully saturated rings. The maximum absolute atomic E-state index is 13.6. The lowest BCUT2D eigenvalue weighted by Gasteiger charge is -2.37. The number of amides is 2. The van der Waals surface area contributed by atoms with E-state index < -0.39 is 0 Å². The molecular weight excluding hydrogens is 450 g/mol. The maximum Gasteiger partial charge on any atom is 0.240 e. The standard InChI is InChI=1S/C29H41N5O2/c1-23(35)32-17-19-33(20-18-32)27-11-9-25(10-12-27)22-30-28(21-24-7-5-4-6-8-24)29(36)34-15-13-26(14-16-34)31(2)3/h4-12,26,28,30H,13-22H2,1-3H3/t28-/m0/s1. The molecule has 0 bridgehead atoms. The number of piperazine rings is 1. The van der Waals surface area contributed by atoms with E-state index in [0.29, 0.717) is 19.0 Å². The number of hydrogen-bond donors (Lipinski definition) is 1. The molecule has 36 heavy (non-hydrogen) atoms. The minimum atomic E-state index is -0.248. The van der Waals surface area contributed by atoms with Crippen LogP contribution in [0.5, 0.6) is 0 Å². The highest BCUT2D eigenvalue weighted by Gasteiger charge is 2.29. The van der Waals surface area contributed by atoms with E-state index in [1.54, 1.807) is 6.92 Å². The van der Waals surface area contributed by atoms with Crippen molar-refractivity contribution in [3.63, 3.8) is 0 Å². The van der Waals surface area contributed by atoms with E-state index in [2.05, 4.69) is 65.6 Å². The number of hydrogen-bond acceptors (Lipinski definition) is 5. The van der Waals surface area contributed by atoms with Crippen molar-refractivity contribution in [2.24, 2.45) is 0 Å². The van der Waals surface area contributed by atoms with Crippen molar-refractivity contribution >= 4 is 17.5 Å². The minimum Gasteiger partial charge on any atom is -0.368 e. The van der Waals surface area contributed by atoms with E-state index in [-0.39, 0.29) is 17.9 Å². The van der Waals surface area contributed by atoms with E-state index in [4.69, 9.17) is 0 Å². The first-order valence-electron chi connectivity index (χ1n) is 13.2. The fourth-order valence-corrected chi connectivity index (χ4v) is 5.26. The summed E-state index contributed by atoms with van der Waals surface area (Å²) in [6.45, 7) is 7.18. The first-order chi connectivity index (χ1) is 17.4. The second-order valence-electron chi connectivity index (χ2n) is 10.3. The normalized spacial score (nSPS) is 17.9. The summed E-state index contributed by atoms with van der Waals surface area (Å²) in [5, 5.41) is 3.57. The molecule has 0 aromatic heterocycles. The largest absolute Gasteiger partial charge is 0.368 e. The molecular formula is C29H41N5O2. The van der Waals surface area contributed by atoms with Crippen LogP contribution in [0.2, 0.25) is 0 Å². The molecule has 2 aromatic rings. The van der Waals surface area contributed by atoms with Crippen molar-refractivity contribution in [3.8, 4) is 0 Å². The van der Waals surface area contributed by atoms with Crippen molar-refractivity contribution in [3.05, 3.63) is 65.7 Å². The highest BCUT2D eigenvalue weighted by molar-refractivity contribution is 5.82. The third-order valence-electron chi connectivity index (χ3n) is 7.67. The van der Waals surface area contributed by atoms with E-state index in [1.807, 2.05) is 28.0 Å². The monoisotopic (exact) mass is 491 g/mol. The summed E-state index contributed by atoms with van der Waals surface area (Å²) in [6.07, 6.45) is 2.74. The molecule has 0 unspecified atom stereocenters. The molecule has 0 radical (unpaired) electrons. The summed E-state index contributed by atoms with van der Waals surface area (Å²) in [5.41, 5.74) is 3.52. The molecule has 1 atom stereocenters. The van der Waals surface area contributed by atoms with Crippen LogP contribution in [0.3, 0.4) is 0 Å². The first kappa shape index (κ1) is 26.2. The summed E-state index contributed by atoms with van der Waals surface area (Å²) in [5.74, 6) is 0.355. The highest BCUT2D eigenvalue weighted by atomic mass is 16.2. The van der Waals surface area contributed by atoms with Gasteiger partial charge in [-0.25, -0.2) is 0 Å². The average Bonchev–Trinajstić information content (AvgIpc) is 2.91. The zero-order chi connectivity index (χ0) is 25.5. The third-order valence-corrected chi connectivity index (χ3v) is 7.67. The molecule has 7 heteroatoms. The van der Waals surface area contributed by atoms with Crippen LogP contribution in [0.4, 0.5) is 5.69 Å². The van der Waals surface area contributed by atoms with Crippen LogP contribution >= 0.6 is 0 Å². The summed E-state index contributed by atoms with van der Waals surface area (Å²) in [6, 6.07) is 19.2. The molecule has 0 saturated carbocycles. The number of carbonyl (C=O) groups is 2. The molecule has 1 N–H and O–H groups in total. The van der Waals surface area contributed by atoms with Gasteiger partial charge in [-0.3, -0.25) is 9.59 Å². The summed E-state index contributed by atoms with van der Waals surface area (Å²) < 4.78 is 0. The van der Waals surface area contributed by atoms with Gasteiger partial charge in [-0.1, -0.05) is 42.5 Å². The van der Waals surface area contributed by atoms with Crippen molar-refractivity contribution in [2.45, 2.75) is 44.8 Å². The predicted octanol–water partition coefficient (Wildman–Crippen LogP) is 2.61. The van der Waals surface area contributed by atoms with E-state index in [9.17, 15) is 9.59 Å². The van der Waals surface area contributed by atoms with Crippen LogP contribution in [0, 0.1) is 0 Å². The summed E-state index contributed by atoms with van der Waals surface area (Å²) in [7, 11) is 4.25. The van der Waals surface area contributed by atoms with Crippen LogP contribution in [0.25, 0.3) is 0 Å². The summed E-state index contributed by atoms with van der Waals surface area (Å²) >= 11 is 0. The van der Waals surface area contributed by atoms with E-state index >= 15 is 0 Å². The van der Waals surface area contributed by atoms with Crippen molar-refractivity contribution < 1.29 is 9.59 Å². The Morgan fingerprint density at radius 2 is 1.50 bits per heavy atom. The van der Waals surface area contributed by atoms with Gasteiger partial charge in [-0.2, -0.15) is 0 Å². The van der Waals surface area contributed by atoms with Crippen LogP contribution in [0.15, 0.2) is 54.6 Å². The van der Waals surface area contributed by atoms with Gasteiger partial charge in [-0.15, -0.1) is 0 Å². The molecule has 194 valence electrons. The average molecular weight is 492 g/mol. The molecule has 2 amide bonds. The smallest absolute Gasteiger partial charge is 0.240 e.